The van der Waals surface area contributed by atoms with Crippen molar-refractivity contribution in [2.45, 2.75) is 0 Å². The van der Waals surface area contributed by atoms with Crippen LogP contribution in [0.4, 0.5) is 0 Å². The third-order valence-electron chi connectivity index (χ3n) is 4.63. The summed E-state index contributed by atoms with van der Waals surface area (Å²) in [6.45, 7) is 0.553. The van der Waals surface area contributed by atoms with Gasteiger partial charge in [0.25, 0.3) is 11.8 Å². The van der Waals surface area contributed by atoms with E-state index in [1.807, 2.05) is 48.5 Å². The minimum atomic E-state index is -0.479. The van der Waals surface area contributed by atoms with Gasteiger partial charge in [0.05, 0.1) is 16.6 Å². The molecule has 0 fully saturated rings. The lowest BCUT2D eigenvalue weighted by molar-refractivity contribution is 0.0723. The summed E-state index contributed by atoms with van der Waals surface area (Å²) < 4.78 is 1.78. The molecule has 0 saturated carbocycles. The van der Waals surface area contributed by atoms with Crippen LogP contribution in [-0.2, 0) is 0 Å². The highest BCUT2D eigenvalue weighted by Gasteiger charge is 2.35. The number of aliphatic imine (C=N–C) groups is 1. The molecule has 0 N–H and O–H groups in total. The molecule has 0 bridgehead atoms. The first kappa shape index (κ1) is 20.0. The normalized spacial score (nSPS) is 13.7. The largest absolute Gasteiger partial charge is 0.278 e. The predicted molar refractivity (Wildman–Crippen MR) is 129 cm³/mol. The number of hydrogen-bond acceptors (Lipinski definition) is 6. The van der Waals surface area contributed by atoms with Gasteiger partial charge in [-0.15, -0.1) is 22.7 Å². The zero-order chi connectivity index (χ0) is 20.8. The molecule has 1 aliphatic heterocycles. The molecule has 0 unspecified atom stereocenters. The fraction of sp³-hybridized carbons (Fsp3) is 0.0952. The fourth-order valence-corrected chi connectivity index (χ4v) is 6.96. The first-order valence-corrected chi connectivity index (χ1v) is 12.3. The first-order chi connectivity index (χ1) is 14.6. The maximum absolute atomic E-state index is 13.6. The van der Waals surface area contributed by atoms with Crippen molar-refractivity contribution in [3.8, 4) is 0 Å². The van der Waals surface area contributed by atoms with Crippen LogP contribution >= 0.6 is 57.6 Å². The average molecular weight is 491 g/mol. The second-order valence-electron chi connectivity index (χ2n) is 6.44. The van der Waals surface area contributed by atoms with Crippen LogP contribution in [0.3, 0.4) is 0 Å². The predicted octanol–water partition coefficient (Wildman–Crippen LogP) is 6.81. The highest BCUT2D eigenvalue weighted by atomic mass is 35.5. The summed E-state index contributed by atoms with van der Waals surface area (Å²) in [6, 6.07) is 15.0. The van der Waals surface area contributed by atoms with E-state index in [-0.39, 0.29) is 0 Å². The van der Waals surface area contributed by atoms with Crippen molar-refractivity contribution in [1.29, 1.82) is 0 Å². The molecule has 5 rings (SSSR count). The van der Waals surface area contributed by atoms with E-state index < -0.39 is 11.8 Å². The van der Waals surface area contributed by atoms with Crippen LogP contribution in [0.2, 0.25) is 10.0 Å². The summed E-state index contributed by atoms with van der Waals surface area (Å²) in [5, 5.41) is 2.67. The Hall–Kier alpha value is -1.90. The van der Waals surface area contributed by atoms with Gasteiger partial charge in [-0.2, -0.15) is 0 Å². The molecule has 0 saturated heterocycles. The molecule has 2 aromatic heterocycles. The van der Waals surface area contributed by atoms with Gasteiger partial charge in [0.2, 0.25) is 0 Å². The number of carbonyl (C=O) groups is 2. The zero-order valence-corrected chi connectivity index (χ0v) is 19.2. The first-order valence-electron chi connectivity index (χ1n) is 8.96. The number of hydrogen-bond donors (Lipinski definition) is 0. The van der Waals surface area contributed by atoms with E-state index in [0.29, 0.717) is 37.3 Å². The zero-order valence-electron chi connectivity index (χ0n) is 15.2. The maximum Gasteiger partial charge on any atom is 0.278 e. The van der Waals surface area contributed by atoms with Crippen LogP contribution in [0.5, 0.6) is 0 Å². The van der Waals surface area contributed by atoms with Crippen LogP contribution in [-0.4, -0.2) is 34.2 Å². The smallest absolute Gasteiger partial charge is 0.267 e. The van der Waals surface area contributed by atoms with Crippen LogP contribution in [0.1, 0.15) is 19.3 Å². The molecule has 0 radical (unpaired) electrons. The van der Waals surface area contributed by atoms with Gasteiger partial charge >= 0.3 is 0 Å². The molecule has 9 heteroatoms. The number of thiophene rings is 2. The molecule has 30 heavy (non-hydrogen) atoms. The number of halogens is 2. The second-order valence-corrected chi connectivity index (χ2v) is 10.4. The number of nitrogens with zero attached hydrogens (tertiary/aromatic N) is 2. The molecule has 0 atom stereocenters. The number of amidine groups is 1. The van der Waals surface area contributed by atoms with E-state index >= 15 is 0 Å². The summed E-state index contributed by atoms with van der Waals surface area (Å²) in [7, 11) is 0. The van der Waals surface area contributed by atoms with Crippen LogP contribution in [0.25, 0.3) is 20.2 Å². The molecule has 150 valence electrons. The Morgan fingerprint density at radius 2 is 1.33 bits per heavy atom. The van der Waals surface area contributed by atoms with E-state index in [9.17, 15) is 9.59 Å². The molecule has 0 aliphatic carbocycles. The topological polar surface area (TPSA) is 49.7 Å². The van der Waals surface area contributed by atoms with Crippen molar-refractivity contribution in [3.05, 3.63) is 68.3 Å². The summed E-state index contributed by atoms with van der Waals surface area (Å²) in [5.41, 5.74) is 0. The number of imide groups is 1. The Bertz CT molecular complexity index is 1270. The van der Waals surface area contributed by atoms with E-state index in [4.69, 9.17) is 23.2 Å². The monoisotopic (exact) mass is 490 g/mol. The standard InChI is InChI=1S/C21H12Cl2N2O2S3/c22-15-11-5-1-3-7-13(11)29-17(15)19(26)25(21-24-9-10-28-21)20(27)18-16(23)12-6-2-4-8-14(12)30-18/h1-8H,9-10H2. The third kappa shape index (κ3) is 3.25. The van der Waals surface area contributed by atoms with Gasteiger partial charge in [-0.05, 0) is 12.1 Å². The number of carbonyl (C=O) groups excluding carboxylic acids is 2. The van der Waals surface area contributed by atoms with Crippen molar-refractivity contribution in [1.82, 2.24) is 4.90 Å². The lowest BCUT2D eigenvalue weighted by atomic mass is 10.2. The lowest BCUT2D eigenvalue weighted by Crippen LogP contribution is -2.39. The van der Waals surface area contributed by atoms with Gasteiger partial charge in [0.1, 0.15) is 9.75 Å². The van der Waals surface area contributed by atoms with Crippen LogP contribution < -0.4 is 0 Å². The highest BCUT2D eigenvalue weighted by molar-refractivity contribution is 8.14. The Kier molecular flexibility index (Phi) is 5.33. The lowest BCUT2D eigenvalue weighted by Gasteiger charge is -2.19. The van der Waals surface area contributed by atoms with Crippen molar-refractivity contribution in [2.24, 2.45) is 4.99 Å². The highest BCUT2D eigenvalue weighted by Crippen LogP contribution is 2.39. The molecule has 3 heterocycles. The van der Waals surface area contributed by atoms with E-state index in [2.05, 4.69) is 4.99 Å². The van der Waals surface area contributed by atoms with Crippen LogP contribution in [0.15, 0.2) is 53.5 Å². The molecule has 4 aromatic rings. The Morgan fingerprint density at radius 3 is 1.77 bits per heavy atom. The maximum atomic E-state index is 13.6. The Labute approximate surface area is 194 Å². The fourth-order valence-electron chi connectivity index (χ4n) is 3.23. The number of benzene rings is 2. The Balaban J connectivity index is 1.63. The molecule has 2 aromatic carbocycles. The number of fused-ring (bicyclic) bond motifs is 2. The summed E-state index contributed by atoms with van der Waals surface area (Å²) >= 11 is 17.0. The Morgan fingerprint density at radius 1 is 0.833 bits per heavy atom. The average Bonchev–Trinajstić information content (AvgIpc) is 3.48. The molecular formula is C21H12Cl2N2O2S3. The summed E-state index contributed by atoms with van der Waals surface area (Å²) in [4.78, 5) is 33.3. The minimum Gasteiger partial charge on any atom is -0.267 e. The quantitative estimate of drug-likeness (QED) is 0.290. The second kappa shape index (κ2) is 7.98. The van der Waals surface area contributed by atoms with Gasteiger partial charge in [-0.1, -0.05) is 71.4 Å². The van der Waals surface area contributed by atoms with Gasteiger partial charge in [-0.25, -0.2) is 4.90 Å². The van der Waals surface area contributed by atoms with Crippen molar-refractivity contribution in [2.75, 3.05) is 12.3 Å². The van der Waals surface area contributed by atoms with Gasteiger partial charge < -0.3 is 0 Å². The molecule has 1 aliphatic rings. The number of thioether (sulfide) groups is 1. The van der Waals surface area contributed by atoms with Gasteiger partial charge in [0.15, 0.2) is 5.17 Å². The molecular weight excluding hydrogens is 479 g/mol. The SMILES string of the molecule is O=C(c1sc2ccccc2c1Cl)N(C(=O)c1sc2ccccc2c1Cl)C1=NCCS1. The third-order valence-corrected chi connectivity index (χ3v) is 8.91. The minimum absolute atomic E-state index is 0.318. The van der Waals surface area contributed by atoms with E-state index in [1.165, 1.54) is 34.4 Å². The van der Waals surface area contributed by atoms with Crippen molar-refractivity contribution < 1.29 is 9.59 Å². The molecule has 4 nitrogen and oxygen atoms in total. The van der Waals surface area contributed by atoms with Crippen molar-refractivity contribution >= 4 is 94.8 Å². The number of amides is 2. The van der Waals surface area contributed by atoms with Gasteiger partial charge in [0, 0.05) is 25.9 Å². The van der Waals surface area contributed by atoms with Crippen LogP contribution in [0, 0.1) is 0 Å². The van der Waals surface area contributed by atoms with Crippen molar-refractivity contribution in [3.63, 3.8) is 0 Å². The van der Waals surface area contributed by atoms with Gasteiger partial charge in [-0.3, -0.25) is 14.6 Å². The number of rotatable bonds is 2. The molecule has 0 spiro atoms. The van der Waals surface area contributed by atoms with E-state index in [0.717, 1.165) is 25.1 Å². The summed E-state index contributed by atoms with van der Waals surface area (Å²) in [6.07, 6.45) is 0. The summed E-state index contributed by atoms with van der Waals surface area (Å²) in [5.74, 6) is -0.243. The van der Waals surface area contributed by atoms with E-state index in [1.54, 1.807) is 0 Å². The molecule has 2 amide bonds.